The van der Waals surface area contributed by atoms with Crippen molar-refractivity contribution >= 4 is 21.6 Å². The van der Waals surface area contributed by atoms with Crippen LogP contribution in [-0.2, 0) is 6.61 Å². The Bertz CT molecular complexity index is 391. The highest BCUT2D eigenvalue weighted by molar-refractivity contribution is 9.10. The van der Waals surface area contributed by atoms with Gasteiger partial charge in [-0.1, -0.05) is 18.9 Å². The Labute approximate surface area is 117 Å². The molecule has 0 saturated heterocycles. The molecule has 3 nitrogen and oxygen atoms in total. The minimum absolute atomic E-state index is 0.0578. The Morgan fingerprint density at radius 2 is 1.94 bits per heavy atom. The maximum atomic E-state index is 9.25. The third kappa shape index (κ3) is 3.05. The van der Waals surface area contributed by atoms with E-state index in [4.69, 9.17) is 5.11 Å². The largest absolute Gasteiger partial charge is 0.395 e. The molecule has 1 fully saturated rings. The molecule has 1 aliphatic rings. The van der Waals surface area contributed by atoms with Crippen LogP contribution in [0.3, 0.4) is 0 Å². The lowest BCUT2D eigenvalue weighted by Crippen LogP contribution is -2.35. The summed E-state index contributed by atoms with van der Waals surface area (Å²) in [6.45, 7) is 0.898. The Morgan fingerprint density at radius 3 is 2.50 bits per heavy atom. The Kier molecular flexibility index (Phi) is 5.03. The molecule has 0 bridgehead atoms. The zero-order valence-electron chi connectivity index (χ0n) is 10.5. The van der Waals surface area contributed by atoms with E-state index < -0.39 is 0 Å². The molecule has 0 aromatic heterocycles. The molecular formula is C14H20BrNO2. The predicted molar refractivity (Wildman–Crippen MR) is 76.8 cm³/mol. The van der Waals surface area contributed by atoms with Gasteiger partial charge in [-0.25, -0.2) is 0 Å². The lowest BCUT2D eigenvalue weighted by atomic mass is 10.1. The van der Waals surface area contributed by atoms with E-state index in [0.29, 0.717) is 12.6 Å². The second-order valence-corrected chi connectivity index (χ2v) is 5.65. The van der Waals surface area contributed by atoms with Gasteiger partial charge in [-0.2, -0.15) is 0 Å². The fraction of sp³-hybridized carbons (Fsp3) is 0.571. The van der Waals surface area contributed by atoms with E-state index >= 15 is 0 Å². The summed E-state index contributed by atoms with van der Waals surface area (Å²) in [6.07, 6.45) is 4.96. The second kappa shape index (κ2) is 6.55. The topological polar surface area (TPSA) is 43.7 Å². The van der Waals surface area contributed by atoms with E-state index in [-0.39, 0.29) is 13.2 Å². The number of aliphatic hydroxyl groups is 2. The molecule has 0 spiro atoms. The Hall–Kier alpha value is -0.580. The molecule has 0 amide bonds. The number of rotatable bonds is 5. The molecule has 0 unspecified atom stereocenters. The van der Waals surface area contributed by atoms with Gasteiger partial charge in [-0.05, 0) is 46.5 Å². The summed E-state index contributed by atoms with van der Waals surface area (Å²) >= 11 is 3.57. The van der Waals surface area contributed by atoms with Crippen molar-refractivity contribution in [1.82, 2.24) is 0 Å². The second-order valence-electron chi connectivity index (χ2n) is 4.80. The van der Waals surface area contributed by atoms with Gasteiger partial charge in [0.2, 0.25) is 0 Å². The van der Waals surface area contributed by atoms with Gasteiger partial charge in [0.15, 0.2) is 0 Å². The summed E-state index contributed by atoms with van der Waals surface area (Å²) in [5, 5.41) is 18.4. The van der Waals surface area contributed by atoms with Crippen molar-refractivity contribution in [3.05, 3.63) is 28.2 Å². The van der Waals surface area contributed by atoms with Crippen molar-refractivity contribution in [3.63, 3.8) is 0 Å². The number of halogens is 1. The quantitative estimate of drug-likeness (QED) is 0.878. The number of nitrogens with zero attached hydrogens (tertiary/aromatic N) is 1. The fourth-order valence-corrected chi connectivity index (χ4v) is 3.36. The van der Waals surface area contributed by atoms with Crippen LogP contribution < -0.4 is 4.90 Å². The van der Waals surface area contributed by atoms with Crippen LogP contribution in [0.2, 0.25) is 0 Å². The third-order valence-corrected chi connectivity index (χ3v) is 4.25. The highest BCUT2D eigenvalue weighted by Gasteiger charge is 2.23. The summed E-state index contributed by atoms with van der Waals surface area (Å²) < 4.78 is 0.995. The van der Waals surface area contributed by atoms with Crippen LogP contribution in [0.5, 0.6) is 0 Å². The van der Waals surface area contributed by atoms with Crippen molar-refractivity contribution in [1.29, 1.82) is 0 Å². The van der Waals surface area contributed by atoms with Crippen LogP contribution in [-0.4, -0.2) is 29.4 Å². The summed E-state index contributed by atoms with van der Waals surface area (Å²) in [7, 11) is 0. The van der Waals surface area contributed by atoms with Crippen LogP contribution in [0.25, 0.3) is 0 Å². The lowest BCUT2D eigenvalue weighted by Gasteiger charge is -2.31. The zero-order valence-corrected chi connectivity index (χ0v) is 12.1. The van der Waals surface area contributed by atoms with Gasteiger partial charge < -0.3 is 15.1 Å². The van der Waals surface area contributed by atoms with Gasteiger partial charge in [0.25, 0.3) is 0 Å². The molecule has 0 radical (unpaired) electrons. The van der Waals surface area contributed by atoms with Crippen LogP contribution >= 0.6 is 15.9 Å². The number of hydrogen-bond donors (Lipinski definition) is 2. The van der Waals surface area contributed by atoms with E-state index in [2.05, 4.69) is 20.8 Å². The summed E-state index contributed by atoms with van der Waals surface area (Å²) in [6, 6.07) is 6.46. The maximum absolute atomic E-state index is 9.25. The minimum atomic E-state index is 0.0578. The molecule has 0 atom stereocenters. The average Bonchev–Trinajstić information content (AvgIpc) is 2.90. The van der Waals surface area contributed by atoms with Crippen LogP contribution in [0.15, 0.2) is 22.7 Å². The van der Waals surface area contributed by atoms with Gasteiger partial charge in [0.05, 0.1) is 18.9 Å². The normalized spacial score (nSPS) is 16.2. The Morgan fingerprint density at radius 1 is 1.22 bits per heavy atom. The SMILES string of the molecule is OCCN(c1ccc(CO)cc1Br)C1CCCC1. The summed E-state index contributed by atoms with van der Waals surface area (Å²) in [5.74, 6) is 0. The number of aliphatic hydroxyl groups excluding tert-OH is 2. The molecule has 0 aliphatic heterocycles. The Balaban J connectivity index is 2.23. The predicted octanol–water partition coefficient (Wildman–Crippen LogP) is 2.68. The first-order valence-corrected chi connectivity index (χ1v) is 7.32. The lowest BCUT2D eigenvalue weighted by molar-refractivity contribution is 0.281. The van der Waals surface area contributed by atoms with Gasteiger partial charge >= 0.3 is 0 Å². The van der Waals surface area contributed by atoms with Crippen molar-refractivity contribution in [2.75, 3.05) is 18.1 Å². The molecule has 1 aromatic rings. The van der Waals surface area contributed by atoms with E-state index in [1.807, 2.05) is 18.2 Å². The fourth-order valence-electron chi connectivity index (χ4n) is 2.71. The monoisotopic (exact) mass is 313 g/mol. The smallest absolute Gasteiger partial charge is 0.0682 e. The summed E-state index contributed by atoms with van der Waals surface area (Å²) in [5.41, 5.74) is 2.02. The molecule has 100 valence electrons. The first-order chi connectivity index (χ1) is 8.76. The van der Waals surface area contributed by atoms with E-state index in [1.54, 1.807) is 0 Å². The van der Waals surface area contributed by atoms with Crippen LogP contribution in [0.4, 0.5) is 5.69 Å². The van der Waals surface area contributed by atoms with Crippen LogP contribution in [0.1, 0.15) is 31.2 Å². The minimum Gasteiger partial charge on any atom is -0.395 e. The van der Waals surface area contributed by atoms with Crippen molar-refractivity contribution in [2.24, 2.45) is 0 Å². The van der Waals surface area contributed by atoms with Gasteiger partial charge in [0.1, 0.15) is 0 Å². The highest BCUT2D eigenvalue weighted by Crippen LogP contribution is 2.33. The third-order valence-electron chi connectivity index (χ3n) is 3.61. The zero-order chi connectivity index (χ0) is 13.0. The van der Waals surface area contributed by atoms with Crippen molar-refractivity contribution < 1.29 is 10.2 Å². The maximum Gasteiger partial charge on any atom is 0.0682 e. The van der Waals surface area contributed by atoms with Crippen molar-refractivity contribution in [3.8, 4) is 0 Å². The molecule has 1 saturated carbocycles. The van der Waals surface area contributed by atoms with Gasteiger partial charge in [-0.15, -0.1) is 0 Å². The van der Waals surface area contributed by atoms with E-state index in [1.165, 1.54) is 25.7 Å². The number of benzene rings is 1. The van der Waals surface area contributed by atoms with E-state index in [9.17, 15) is 5.11 Å². The molecule has 2 N–H and O–H groups in total. The first kappa shape index (κ1) is 13.8. The molecule has 1 aromatic carbocycles. The van der Waals surface area contributed by atoms with E-state index in [0.717, 1.165) is 15.7 Å². The van der Waals surface area contributed by atoms with Gasteiger partial charge in [0, 0.05) is 17.1 Å². The molecule has 1 aliphatic carbocycles. The standard InChI is InChI=1S/C14H20BrNO2/c15-13-9-11(10-18)5-6-14(13)16(7-8-17)12-3-1-2-4-12/h5-6,9,12,17-18H,1-4,7-8,10H2. The summed E-state index contributed by atoms with van der Waals surface area (Å²) in [4.78, 5) is 2.29. The first-order valence-electron chi connectivity index (χ1n) is 6.53. The molecule has 4 heteroatoms. The molecule has 2 rings (SSSR count). The highest BCUT2D eigenvalue weighted by atomic mass is 79.9. The molecule has 0 heterocycles. The average molecular weight is 314 g/mol. The molecule has 18 heavy (non-hydrogen) atoms. The number of anilines is 1. The molecular weight excluding hydrogens is 294 g/mol. The number of hydrogen-bond acceptors (Lipinski definition) is 3. The van der Waals surface area contributed by atoms with Crippen LogP contribution in [0, 0.1) is 0 Å². The van der Waals surface area contributed by atoms with Crippen molar-refractivity contribution in [2.45, 2.75) is 38.3 Å². The van der Waals surface area contributed by atoms with Gasteiger partial charge in [-0.3, -0.25) is 0 Å².